The minimum atomic E-state index is -0.533. The lowest BCUT2D eigenvalue weighted by Gasteiger charge is -2.11. The fraction of sp³-hybridized carbons (Fsp3) is 0.125. The SMILES string of the molecule is CCOc1cc(C=NNC(=O)c2cccc(OC)c2)ccc1OC(=O)c1ccc(Cl)cc1. The molecule has 0 saturated heterocycles. The van der Waals surface area contributed by atoms with E-state index in [0.29, 0.717) is 39.8 Å². The first-order valence-electron chi connectivity index (χ1n) is 9.72. The van der Waals surface area contributed by atoms with Gasteiger partial charge >= 0.3 is 5.97 Å². The Balaban J connectivity index is 1.69. The maximum atomic E-state index is 12.4. The van der Waals surface area contributed by atoms with Crippen LogP contribution in [0.15, 0.2) is 71.8 Å². The number of nitrogens with one attached hydrogen (secondary N) is 1. The van der Waals surface area contributed by atoms with E-state index < -0.39 is 5.97 Å². The number of amides is 1. The van der Waals surface area contributed by atoms with Crippen molar-refractivity contribution in [3.63, 3.8) is 0 Å². The lowest BCUT2D eigenvalue weighted by atomic mass is 10.2. The predicted molar refractivity (Wildman–Crippen MR) is 122 cm³/mol. The number of rotatable bonds is 8. The zero-order chi connectivity index (χ0) is 22.9. The third-order valence-electron chi connectivity index (χ3n) is 4.26. The Kier molecular flexibility index (Phi) is 7.83. The Morgan fingerprint density at radius 3 is 2.50 bits per heavy atom. The second kappa shape index (κ2) is 11.0. The van der Waals surface area contributed by atoms with Gasteiger partial charge in [0, 0.05) is 10.6 Å². The van der Waals surface area contributed by atoms with E-state index >= 15 is 0 Å². The summed E-state index contributed by atoms with van der Waals surface area (Å²) in [5.41, 5.74) is 3.89. The summed E-state index contributed by atoms with van der Waals surface area (Å²) in [5, 5.41) is 4.51. The van der Waals surface area contributed by atoms with Gasteiger partial charge in [-0.1, -0.05) is 17.7 Å². The van der Waals surface area contributed by atoms with E-state index in [1.165, 1.54) is 13.3 Å². The van der Waals surface area contributed by atoms with E-state index in [1.54, 1.807) is 66.7 Å². The first kappa shape index (κ1) is 22.8. The second-order valence-electron chi connectivity index (χ2n) is 6.47. The van der Waals surface area contributed by atoms with Crippen LogP contribution >= 0.6 is 11.6 Å². The van der Waals surface area contributed by atoms with Crippen LogP contribution in [-0.4, -0.2) is 31.8 Å². The van der Waals surface area contributed by atoms with E-state index in [2.05, 4.69) is 10.5 Å². The van der Waals surface area contributed by atoms with Crippen LogP contribution in [0.5, 0.6) is 17.2 Å². The molecule has 0 aliphatic carbocycles. The van der Waals surface area contributed by atoms with Gasteiger partial charge in [-0.3, -0.25) is 4.79 Å². The molecule has 3 aromatic rings. The highest BCUT2D eigenvalue weighted by Gasteiger charge is 2.13. The van der Waals surface area contributed by atoms with Gasteiger partial charge in [0.25, 0.3) is 5.91 Å². The standard InChI is InChI=1S/C24H21ClN2O5/c1-3-31-22-13-16(15-26-27-23(28)18-5-4-6-20(14-18)30-2)7-12-21(22)32-24(29)17-8-10-19(25)11-9-17/h4-15H,3H2,1-2H3,(H,27,28). The number of esters is 1. The van der Waals surface area contributed by atoms with Crippen LogP contribution < -0.4 is 19.6 Å². The van der Waals surface area contributed by atoms with E-state index in [-0.39, 0.29) is 11.7 Å². The first-order valence-corrected chi connectivity index (χ1v) is 10.1. The summed E-state index contributed by atoms with van der Waals surface area (Å²) in [7, 11) is 1.53. The van der Waals surface area contributed by atoms with Crippen molar-refractivity contribution < 1.29 is 23.8 Å². The molecule has 3 rings (SSSR count). The van der Waals surface area contributed by atoms with E-state index in [0.717, 1.165) is 0 Å². The van der Waals surface area contributed by atoms with Gasteiger partial charge in [-0.15, -0.1) is 0 Å². The fourth-order valence-electron chi connectivity index (χ4n) is 2.70. The molecule has 0 aliphatic heterocycles. The Bertz CT molecular complexity index is 1130. The molecule has 1 N–H and O–H groups in total. The van der Waals surface area contributed by atoms with Gasteiger partial charge in [0.2, 0.25) is 0 Å². The van der Waals surface area contributed by atoms with Crippen LogP contribution in [0.4, 0.5) is 0 Å². The molecule has 164 valence electrons. The smallest absolute Gasteiger partial charge is 0.343 e. The second-order valence-corrected chi connectivity index (χ2v) is 6.90. The molecule has 0 fully saturated rings. The topological polar surface area (TPSA) is 86.2 Å². The number of carbonyl (C=O) groups excluding carboxylic acids is 2. The molecule has 0 heterocycles. The summed E-state index contributed by atoms with van der Waals surface area (Å²) in [6.45, 7) is 2.19. The monoisotopic (exact) mass is 452 g/mol. The zero-order valence-electron chi connectivity index (χ0n) is 17.5. The van der Waals surface area contributed by atoms with Crippen molar-refractivity contribution in [3.8, 4) is 17.2 Å². The Hall–Kier alpha value is -3.84. The molecule has 0 spiro atoms. The van der Waals surface area contributed by atoms with Gasteiger partial charge in [0.15, 0.2) is 11.5 Å². The average Bonchev–Trinajstić information content (AvgIpc) is 2.81. The van der Waals surface area contributed by atoms with Crippen molar-refractivity contribution in [2.75, 3.05) is 13.7 Å². The number of nitrogens with zero attached hydrogens (tertiary/aromatic N) is 1. The zero-order valence-corrected chi connectivity index (χ0v) is 18.3. The number of hydrazone groups is 1. The Morgan fingerprint density at radius 1 is 1.00 bits per heavy atom. The summed E-state index contributed by atoms with van der Waals surface area (Å²) in [5.74, 6) is 0.308. The van der Waals surface area contributed by atoms with Gasteiger partial charge in [0.05, 0.1) is 25.5 Å². The number of hydrogen-bond acceptors (Lipinski definition) is 6. The molecular weight excluding hydrogens is 432 g/mol. The highest BCUT2D eigenvalue weighted by molar-refractivity contribution is 6.30. The van der Waals surface area contributed by atoms with Crippen molar-refractivity contribution in [1.29, 1.82) is 0 Å². The molecule has 1 amide bonds. The molecule has 0 aromatic heterocycles. The van der Waals surface area contributed by atoms with Crippen LogP contribution in [0.2, 0.25) is 5.02 Å². The van der Waals surface area contributed by atoms with Crippen molar-refractivity contribution >= 4 is 29.7 Å². The van der Waals surface area contributed by atoms with Crippen LogP contribution in [0.3, 0.4) is 0 Å². The summed E-state index contributed by atoms with van der Waals surface area (Å²) in [4.78, 5) is 24.6. The van der Waals surface area contributed by atoms with E-state index in [4.69, 9.17) is 25.8 Å². The summed E-state index contributed by atoms with van der Waals surface area (Å²) in [6, 6.07) is 18.1. The molecule has 0 bridgehead atoms. The molecule has 0 aliphatic rings. The molecule has 0 saturated carbocycles. The molecule has 3 aromatic carbocycles. The van der Waals surface area contributed by atoms with Crippen LogP contribution in [-0.2, 0) is 0 Å². The third kappa shape index (κ3) is 6.09. The fourth-order valence-corrected chi connectivity index (χ4v) is 2.82. The molecular formula is C24H21ClN2O5. The summed E-state index contributed by atoms with van der Waals surface area (Å²) < 4.78 is 16.2. The molecule has 0 unspecified atom stereocenters. The normalized spacial score (nSPS) is 10.6. The Morgan fingerprint density at radius 2 is 1.78 bits per heavy atom. The van der Waals surface area contributed by atoms with Crippen molar-refractivity contribution in [2.24, 2.45) is 5.10 Å². The quantitative estimate of drug-likeness (QED) is 0.231. The summed E-state index contributed by atoms with van der Waals surface area (Å²) >= 11 is 5.85. The van der Waals surface area contributed by atoms with Crippen molar-refractivity contribution in [1.82, 2.24) is 5.43 Å². The highest BCUT2D eigenvalue weighted by Crippen LogP contribution is 2.29. The summed E-state index contributed by atoms with van der Waals surface area (Å²) in [6.07, 6.45) is 1.46. The van der Waals surface area contributed by atoms with Gasteiger partial charge < -0.3 is 14.2 Å². The molecule has 7 nitrogen and oxygen atoms in total. The van der Waals surface area contributed by atoms with E-state index in [1.807, 2.05) is 6.92 Å². The Labute approximate surface area is 190 Å². The number of halogens is 1. The average molecular weight is 453 g/mol. The molecule has 0 atom stereocenters. The molecule has 32 heavy (non-hydrogen) atoms. The molecule has 8 heteroatoms. The van der Waals surface area contributed by atoms with Gasteiger partial charge in [-0.2, -0.15) is 5.10 Å². The van der Waals surface area contributed by atoms with Crippen LogP contribution in [0, 0.1) is 0 Å². The van der Waals surface area contributed by atoms with Crippen molar-refractivity contribution in [2.45, 2.75) is 6.92 Å². The lowest BCUT2D eigenvalue weighted by molar-refractivity contribution is 0.0728. The number of ether oxygens (including phenoxy) is 3. The number of hydrogen-bond donors (Lipinski definition) is 1. The minimum absolute atomic E-state index is 0.268. The highest BCUT2D eigenvalue weighted by atomic mass is 35.5. The maximum absolute atomic E-state index is 12.4. The van der Waals surface area contributed by atoms with Crippen LogP contribution in [0.25, 0.3) is 0 Å². The predicted octanol–water partition coefficient (Wildman–Crippen LogP) is 4.73. The first-order chi connectivity index (χ1) is 15.5. The maximum Gasteiger partial charge on any atom is 0.343 e. The van der Waals surface area contributed by atoms with Gasteiger partial charge in [-0.25, -0.2) is 10.2 Å². The number of carbonyl (C=O) groups is 2. The number of methoxy groups -OCH3 is 1. The lowest BCUT2D eigenvalue weighted by Crippen LogP contribution is -2.17. The van der Waals surface area contributed by atoms with Crippen LogP contribution in [0.1, 0.15) is 33.2 Å². The molecule has 0 radical (unpaired) electrons. The van der Waals surface area contributed by atoms with E-state index in [9.17, 15) is 9.59 Å². The minimum Gasteiger partial charge on any atom is -0.497 e. The van der Waals surface area contributed by atoms with Gasteiger partial charge in [-0.05, 0) is 73.2 Å². The van der Waals surface area contributed by atoms with Crippen molar-refractivity contribution in [3.05, 3.63) is 88.4 Å². The largest absolute Gasteiger partial charge is 0.497 e. The number of benzene rings is 3. The third-order valence-corrected chi connectivity index (χ3v) is 4.51. The van der Waals surface area contributed by atoms with Gasteiger partial charge in [0.1, 0.15) is 5.75 Å².